The number of aromatic nitrogens is 1. The van der Waals surface area contributed by atoms with E-state index in [0.29, 0.717) is 26.2 Å². The SMILES string of the molecule is CCNCCN(CC(=O)N(C)N1Cc2ccccc2C1)C(=O)CNc1cc(-c2nc(C)cs2)ccc1C. The Bertz CT molecular complexity index is 1220. The van der Waals surface area contributed by atoms with Crippen molar-refractivity contribution in [3.63, 3.8) is 0 Å². The first-order valence-electron chi connectivity index (χ1n) is 12.7. The van der Waals surface area contributed by atoms with Crippen LogP contribution in [0.1, 0.15) is 29.3 Å². The highest BCUT2D eigenvalue weighted by atomic mass is 32.1. The van der Waals surface area contributed by atoms with Gasteiger partial charge in [0.05, 0.1) is 6.54 Å². The van der Waals surface area contributed by atoms with Crippen LogP contribution in [0.3, 0.4) is 0 Å². The molecule has 0 saturated heterocycles. The summed E-state index contributed by atoms with van der Waals surface area (Å²) < 4.78 is 0. The fraction of sp³-hybridized carbons (Fsp3) is 0.393. The number of carbonyl (C=O) groups is 2. The summed E-state index contributed by atoms with van der Waals surface area (Å²) in [6, 6.07) is 14.4. The predicted molar refractivity (Wildman–Crippen MR) is 149 cm³/mol. The number of anilines is 1. The van der Waals surface area contributed by atoms with Gasteiger partial charge < -0.3 is 15.5 Å². The molecule has 0 spiro atoms. The molecule has 0 fully saturated rings. The van der Waals surface area contributed by atoms with Crippen molar-refractivity contribution in [2.24, 2.45) is 0 Å². The average Bonchev–Trinajstić information content (AvgIpc) is 3.53. The number of aryl methyl sites for hydroxylation is 2. The fourth-order valence-corrected chi connectivity index (χ4v) is 5.14. The summed E-state index contributed by atoms with van der Waals surface area (Å²) in [5, 5.41) is 13.2. The third kappa shape index (κ3) is 6.74. The number of hydrogen-bond acceptors (Lipinski definition) is 7. The molecule has 1 aliphatic rings. The van der Waals surface area contributed by atoms with Crippen molar-refractivity contribution < 1.29 is 9.59 Å². The van der Waals surface area contributed by atoms with Crippen molar-refractivity contribution in [2.75, 3.05) is 45.1 Å². The van der Waals surface area contributed by atoms with E-state index in [2.05, 4.69) is 33.8 Å². The van der Waals surface area contributed by atoms with E-state index in [-0.39, 0.29) is 24.9 Å². The van der Waals surface area contributed by atoms with Crippen LogP contribution in [0.5, 0.6) is 0 Å². The van der Waals surface area contributed by atoms with Crippen molar-refractivity contribution in [3.8, 4) is 10.6 Å². The van der Waals surface area contributed by atoms with Crippen LogP contribution >= 0.6 is 11.3 Å². The molecule has 196 valence electrons. The summed E-state index contributed by atoms with van der Waals surface area (Å²) in [7, 11) is 1.79. The molecule has 1 aromatic heterocycles. The maximum atomic E-state index is 13.3. The van der Waals surface area contributed by atoms with E-state index >= 15 is 0 Å². The van der Waals surface area contributed by atoms with Crippen LogP contribution in [0.15, 0.2) is 47.8 Å². The average molecular weight is 521 g/mol. The van der Waals surface area contributed by atoms with E-state index in [4.69, 9.17) is 0 Å². The van der Waals surface area contributed by atoms with Gasteiger partial charge in [0.25, 0.3) is 5.91 Å². The Morgan fingerprint density at radius 2 is 1.81 bits per heavy atom. The van der Waals surface area contributed by atoms with Crippen molar-refractivity contribution in [3.05, 3.63) is 70.2 Å². The zero-order chi connectivity index (χ0) is 26.4. The highest BCUT2D eigenvalue weighted by molar-refractivity contribution is 7.13. The molecule has 4 rings (SSSR count). The number of likely N-dealkylation sites (N-methyl/N-ethyl adjacent to an activating group) is 2. The van der Waals surface area contributed by atoms with Gasteiger partial charge in [0.1, 0.15) is 11.6 Å². The van der Waals surface area contributed by atoms with Gasteiger partial charge in [-0.2, -0.15) is 0 Å². The van der Waals surface area contributed by atoms with Crippen LogP contribution in [0.4, 0.5) is 5.69 Å². The summed E-state index contributed by atoms with van der Waals surface area (Å²) in [5.41, 5.74) is 6.42. The summed E-state index contributed by atoms with van der Waals surface area (Å²) in [4.78, 5) is 32.7. The van der Waals surface area contributed by atoms with Crippen LogP contribution in [0.25, 0.3) is 10.6 Å². The number of carbonyl (C=O) groups excluding carboxylic acids is 2. The maximum absolute atomic E-state index is 13.3. The number of nitrogens with one attached hydrogen (secondary N) is 2. The minimum absolute atomic E-state index is 0.0344. The molecular weight excluding hydrogens is 484 g/mol. The van der Waals surface area contributed by atoms with Crippen LogP contribution < -0.4 is 10.6 Å². The number of nitrogens with zero attached hydrogens (tertiary/aromatic N) is 4. The third-order valence-corrected chi connectivity index (χ3v) is 7.64. The second-order valence-electron chi connectivity index (χ2n) is 9.35. The number of thiazole rings is 1. The molecule has 0 radical (unpaired) electrons. The minimum atomic E-state index is -0.112. The lowest BCUT2D eigenvalue weighted by atomic mass is 10.1. The van der Waals surface area contributed by atoms with Gasteiger partial charge in [0.2, 0.25) is 5.91 Å². The number of hydrogen-bond donors (Lipinski definition) is 2. The Balaban J connectivity index is 1.39. The van der Waals surface area contributed by atoms with Crippen LogP contribution in [-0.4, -0.2) is 71.5 Å². The van der Waals surface area contributed by atoms with E-state index in [9.17, 15) is 9.59 Å². The van der Waals surface area contributed by atoms with Crippen molar-refractivity contribution >= 4 is 28.8 Å². The van der Waals surface area contributed by atoms with Gasteiger partial charge in [0.15, 0.2) is 0 Å². The molecule has 3 aromatic rings. The molecule has 0 saturated carbocycles. The van der Waals surface area contributed by atoms with E-state index < -0.39 is 0 Å². The molecule has 2 N–H and O–H groups in total. The van der Waals surface area contributed by atoms with E-state index in [1.165, 1.54) is 11.1 Å². The van der Waals surface area contributed by atoms with Gasteiger partial charge in [-0.25, -0.2) is 9.99 Å². The monoisotopic (exact) mass is 520 g/mol. The molecule has 0 aliphatic carbocycles. The first-order chi connectivity index (χ1) is 17.9. The van der Waals surface area contributed by atoms with Gasteiger partial charge in [-0.05, 0) is 43.1 Å². The quantitative estimate of drug-likeness (QED) is 0.376. The summed E-state index contributed by atoms with van der Waals surface area (Å²) >= 11 is 1.61. The predicted octanol–water partition coefficient (Wildman–Crippen LogP) is 3.67. The Kier molecular flexibility index (Phi) is 8.91. The van der Waals surface area contributed by atoms with Gasteiger partial charge in [-0.1, -0.05) is 43.3 Å². The number of benzene rings is 2. The summed E-state index contributed by atoms with van der Waals surface area (Å²) in [6.07, 6.45) is 0. The third-order valence-electron chi connectivity index (χ3n) is 6.63. The Morgan fingerprint density at radius 1 is 1.08 bits per heavy atom. The van der Waals surface area contributed by atoms with Crippen LogP contribution in [0, 0.1) is 13.8 Å². The molecule has 0 atom stereocenters. The van der Waals surface area contributed by atoms with E-state index in [1.807, 2.05) is 55.4 Å². The molecule has 0 unspecified atom stereocenters. The number of amides is 2. The molecule has 9 heteroatoms. The highest BCUT2D eigenvalue weighted by Gasteiger charge is 2.27. The molecule has 2 aromatic carbocycles. The highest BCUT2D eigenvalue weighted by Crippen LogP contribution is 2.28. The number of hydrazine groups is 1. The van der Waals surface area contributed by atoms with Crippen LogP contribution in [-0.2, 0) is 22.7 Å². The lowest BCUT2D eigenvalue weighted by molar-refractivity contribution is -0.151. The largest absolute Gasteiger partial charge is 0.376 e. The van der Waals surface area contributed by atoms with Crippen LogP contribution in [0.2, 0.25) is 0 Å². The zero-order valence-corrected chi connectivity index (χ0v) is 22.9. The van der Waals surface area contributed by atoms with Crippen molar-refractivity contribution in [1.82, 2.24) is 25.2 Å². The number of fused-ring (bicyclic) bond motifs is 1. The number of rotatable bonds is 11. The summed E-state index contributed by atoms with van der Waals surface area (Å²) in [6.45, 7) is 9.46. The standard InChI is InChI=1S/C28H36N6O2S/c1-5-29-12-13-33(18-27(36)32(4)34-16-23-8-6-7-9-24(23)17-34)26(35)15-30-25-14-22(11-10-20(25)2)28-31-21(3)19-37-28/h6-11,14,19,29-30H,5,12-13,15-18H2,1-4H3. The topological polar surface area (TPSA) is 80.8 Å². The van der Waals surface area contributed by atoms with Gasteiger partial charge >= 0.3 is 0 Å². The Morgan fingerprint density at radius 3 is 2.46 bits per heavy atom. The smallest absolute Gasteiger partial charge is 0.256 e. The van der Waals surface area contributed by atoms with E-state index in [1.54, 1.807) is 28.3 Å². The second kappa shape index (κ2) is 12.3. The van der Waals surface area contributed by atoms with Crippen molar-refractivity contribution in [2.45, 2.75) is 33.9 Å². The van der Waals surface area contributed by atoms with Gasteiger partial charge in [-0.3, -0.25) is 14.6 Å². The Hall–Kier alpha value is -3.27. The van der Waals surface area contributed by atoms with Crippen molar-refractivity contribution in [1.29, 1.82) is 0 Å². The molecular formula is C28H36N6O2S. The Labute approximate surface area is 223 Å². The second-order valence-corrected chi connectivity index (χ2v) is 10.2. The maximum Gasteiger partial charge on any atom is 0.256 e. The first kappa shape index (κ1) is 26.8. The van der Waals surface area contributed by atoms with E-state index in [0.717, 1.165) is 34.1 Å². The normalized spacial score (nSPS) is 12.9. The molecule has 1 aliphatic heterocycles. The minimum Gasteiger partial charge on any atom is -0.376 e. The molecule has 0 bridgehead atoms. The van der Waals surface area contributed by atoms with Gasteiger partial charge in [0, 0.05) is 55.6 Å². The zero-order valence-electron chi connectivity index (χ0n) is 22.1. The fourth-order valence-electron chi connectivity index (χ4n) is 4.35. The lowest BCUT2D eigenvalue weighted by Crippen LogP contribution is -2.49. The molecule has 2 heterocycles. The molecule has 8 nitrogen and oxygen atoms in total. The molecule has 37 heavy (non-hydrogen) atoms. The molecule has 2 amide bonds. The van der Waals surface area contributed by atoms with Gasteiger partial charge in [-0.15, -0.1) is 11.3 Å². The summed E-state index contributed by atoms with van der Waals surface area (Å²) in [5.74, 6) is -0.214. The lowest BCUT2D eigenvalue weighted by Gasteiger charge is -2.31. The first-order valence-corrected chi connectivity index (χ1v) is 13.6.